The van der Waals surface area contributed by atoms with Crippen molar-refractivity contribution < 1.29 is 43.2 Å². The Kier molecular flexibility index (Phi) is 20.0. The van der Waals surface area contributed by atoms with Gasteiger partial charge in [-0.05, 0) is 5.92 Å². The van der Waals surface area contributed by atoms with Crippen LogP contribution in [0.4, 0.5) is 0 Å². The van der Waals surface area contributed by atoms with Crippen LogP contribution < -0.4 is 10.6 Å². The number of hydrogen-bond donors (Lipinski definition) is 3. The summed E-state index contributed by atoms with van der Waals surface area (Å²) in [6.45, 7) is 11.0. The smallest absolute Gasteiger partial charge is 0.307 e. The van der Waals surface area contributed by atoms with E-state index in [9.17, 15) is 19.2 Å². The van der Waals surface area contributed by atoms with Gasteiger partial charge in [0, 0.05) is 38.3 Å². The van der Waals surface area contributed by atoms with Crippen molar-refractivity contribution in [3.8, 4) is 0 Å². The Morgan fingerprint density at radius 2 is 1.14 bits per heavy atom. The maximum atomic E-state index is 11.8. The number of aliphatic carboxylic acids is 1. The van der Waals surface area contributed by atoms with E-state index in [2.05, 4.69) is 10.6 Å². The fraction of sp³-hybridized carbons (Fsp3) is 0.833. The van der Waals surface area contributed by atoms with Gasteiger partial charge in [0.2, 0.25) is 11.8 Å². The van der Waals surface area contributed by atoms with Crippen molar-refractivity contribution in [3.05, 3.63) is 0 Å². The van der Waals surface area contributed by atoms with Crippen LogP contribution in [0.5, 0.6) is 0 Å². The van der Waals surface area contributed by atoms with E-state index >= 15 is 0 Å². The van der Waals surface area contributed by atoms with Crippen molar-refractivity contribution in [2.24, 2.45) is 17.8 Å². The van der Waals surface area contributed by atoms with Crippen molar-refractivity contribution in [3.63, 3.8) is 0 Å². The molecule has 0 bridgehead atoms. The fourth-order valence-electron chi connectivity index (χ4n) is 2.77. The zero-order valence-corrected chi connectivity index (χ0v) is 21.6. The highest BCUT2D eigenvalue weighted by Crippen LogP contribution is 2.15. The lowest BCUT2D eigenvalue weighted by Crippen LogP contribution is -2.34. The fourth-order valence-corrected chi connectivity index (χ4v) is 2.77. The summed E-state index contributed by atoms with van der Waals surface area (Å²) >= 11 is 0. The highest BCUT2D eigenvalue weighted by molar-refractivity contribution is 5.83. The molecule has 0 aromatic rings. The summed E-state index contributed by atoms with van der Waals surface area (Å²) in [7, 11) is 0. The molecule has 0 heterocycles. The van der Waals surface area contributed by atoms with Crippen LogP contribution in [0, 0.1) is 17.8 Å². The zero-order valence-electron chi connectivity index (χ0n) is 21.6. The number of rotatable bonds is 23. The molecule has 0 saturated heterocycles. The minimum absolute atomic E-state index is 0.0395. The lowest BCUT2D eigenvalue weighted by Gasteiger charge is -2.15. The molecule has 0 aliphatic carbocycles. The molecule has 0 fully saturated rings. The number of hydrogen-bond acceptors (Lipinski definition) is 8. The van der Waals surface area contributed by atoms with Crippen LogP contribution in [-0.4, -0.2) is 94.6 Å². The third-order valence-electron chi connectivity index (χ3n) is 5.02. The van der Waals surface area contributed by atoms with Crippen molar-refractivity contribution in [2.75, 3.05) is 65.9 Å². The second-order valence-electron chi connectivity index (χ2n) is 8.66. The number of ketones is 1. The standard InChI is InChI=1S/C24H44N2O9/c1-18(2)20(24(30)31)17-23(29)25-7-5-22(28)26-8-10-33-12-14-35-16-15-34-13-11-32-9-6-21(27)19(3)4/h18-20H,5-17H2,1-4H3,(H,25,29)(H,26,28)(H,30,31). The Hall–Kier alpha value is -2.08. The molecule has 0 rings (SSSR count). The molecule has 11 nitrogen and oxygen atoms in total. The summed E-state index contributed by atoms with van der Waals surface area (Å²) in [6.07, 6.45) is 0.431. The summed E-state index contributed by atoms with van der Waals surface area (Å²) in [5.74, 6) is -2.26. The molecule has 1 unspecified atom stereocenters. The van der Waals surface area contributed by atoms with Crippen LogP contribution in [0.15, 0.2) is 0 Å². The van der Waals surface area contributed by atoms with E-state index in [4.69, 9.17) is 24.1 Å². The number of carboxylic acid groups (broad SMARTS) is 1. The Morgan fingerprint density at radius 3 is 1.63 bits per heavy atom. The highest BCUT2D eigenvalue weighted by Gasteiger charge is 2.24. The molecule has 0 radical (unpaired) electrons. The molecule has 204 valence electrons. The van der Waals surface area contributed by atoms with Gasteiger partial charge in [-0.25, -0.2) is 0 Å². The second kappa shape index (κ2) is 21.2. The molecule has 0 aliphatic rings. The van der Waals surface area contributed by atoms with E-state index < -0.39 is 11.9 Å². The van der Waals surface area contributed by atoms with Gasteiger partial charge < -0.3 is 34.7 Å². The van der Waals surface area contributed by atoms with Crippen LogP contribution in [0.2, 0.25) is 0 Å². The average Bonchev–Trinajstić information content (AvgIpc) is 2.79. The molecule has 0 spiro atoms. The minimum atomic E-state index is -1.000. The van der Waals surface area contributed by atoms with E-state index in [0.717, 1.165) is 0 Å². The highest BCUT2D eigenvalue weighted by atomic mass is 16.6. The van der Waals surface area contributed by atoms with E-state index in [1.54, 1.807) is 13.8 Å². The first-order valence-corrected chi connectivity index (χ1v) is 12.2. The Morgan fingerprint density at radius 1 is 0.657 bits per heavy atom. The molecule has 2 amide bonds. The predicted molar refractivity (Wildman–Crippen MR) is 129 cm³/mol. The number of carbonyl (C=O) groups excluding carboxylic acids is 3. The summed E-state index contributed by atoms with van der Waals surface area (Å²) < 4.78 is 21.5. The number of carboxylic acids is 1. The van der Waals surface area contributed by atoms with E-state index in [1.807, 2.05) is 13.8 Å². The van der Waals surface area contributed by atoms with Gasteiger partial charge in [0.15, 0.2) is 0 Å². The second-order valence-corrected chi connectivity index (χ2v) is 8.66. The normalized spacial score (nSPS) is 12.1. The molecule has 35 heavy (non-hydrogen) atoms. The molecule has 0 aromatic heterocycles. The number of carbonyl (C=O) groups is 4. The van der Waals surface area contributed by atoms with Crippen molar-refractivity contribution >= 4 is 23.6 Å². The summed E-state index contributed by atoms with van der Waals surface area (Å²) in [6, 6.07) is 0. The van der Waals surface area contributed by atoms with Crippen molar-refractivity contribution in [1.82, 2.24) is 10.6 Å². The maximum Gasteiger partial charge on any atom is 0.307 e. The summed E-state index contributed by atoms with van der Waals surface area (Å²) in [5, 5.41) is 14.4. The SMILES string of the molecule is CC(C)C(=O)CCOCCOCCOCCOCCNC(=O)CCNC(=O)CC(C(=O)O)C(C)C. The van der Waals surface area contributed by atoms with Gasteiger partial charge >= 0.3 is 5.97 Å². The van der Waals surface area contributed by atoms with E-state index in [0.29, 0.717) is 65.8 Å². The molecule has 0 aliphatic heterocycles. The Bertz CT molecular complexity index is 612. The average molecular weight is 505 g/mol. The third kappa shape index (κ3) is 19.9. The number of Topliss-reactive ketones (excluding diaryl/α,β-unsaturated/α-hetero) is 1. The van der Waals surface area contributed by atoms with E-state index in [1.165, 1.54) is 0 Å². The van der Waals surface area contributed by atoms with Gasteiger partial charge in [-0.15, -0.1) is 0 Å². The first-order chi connectivity index (χ1) is 16.6. The van der Waals surface area contributed by atoms with Crippen LogP contribution >= 0.6 is 0 Å². The monoisotopic (exact) mass is 504 g/mol. The van der Waals surface area contributed by atoms with Gasteiger partial charge in [0.05, 0.1) is 58.8 Å². The Labute approximate surface area is 208 Å². The van der Waals surface area contributed by atoms with Gasteiger partial charge in [0.25, 0.3) is 0 Å². The lowest BCUT2D eigenvalue weighted by molar-refractivity contribution is -0.145. The lowest BCUT2D eigenvalue weighted by atomic mass is 9.92. The van der Waals surface area contributed by atoms with Crippen molar-refractivity contribution in [2.45, 2.75) is 47.0 Å². The third-order valence-corrected chi connectivity index (χ3v) is 5.02. The molecule has 11 heteroatoms. The van der Waals surface area contributed by atoms with Crippen LogP contribution in [0.3, 0.4) is 0 Å². The van der Waals surface area contributed by atoms with Gasteiger partial charge in [-0.3, -0.25) is 19.2 Å². The van der Waals surface area contributed by atoms with E-state index in [-0.39, 0.29) is 48.8 Å². The number of ether oxygens (including phenoxy) is 4. The van der Waals surface area contributed by atoms with Gasteiger partial charge in [0.1, 0.15) is 5.78 Å². The molecular formula is C24H44N2O9. The molecular weight excluding hydrogens is 460 g/mol. The van der Waals surface area contributed by atoms with Gasteiger partial charge in [-0.2, -0.15) is 0 Å². The van der Waals surface area contributed by atoms with Crippen LogP contribution in [0.1, 0.15) is 47.0 Å². The maximum absolute atomic E-state index is 11.8. The van der Waals surface area contributed by atoms with Gasteiger partial charge in [-0.1, -0.05) is 27.7 Å². The first-order valence-electron chi connectivity index (χ1n) is 12.2. The Balaban J connectivity index is 3.45. The van der Waals surface area contributed by atoms with Crippen LogP contribution in [-0.2, 0) is 38.1 Å². The largest absolute Gasteiger partial charge is 0.481 e. The predicted octanol–water partition coefficient (Wildman–Crippen LogP) is 1.04. The molecule has 0 aromatic carbocycles. The molecule has 3 N–H and O–H groups in total. The zero-order chi connectivity index (χ0) is 26.5. The summed E-state index contributed by atoms with van der Waals surface area (Å²) in [4.78, 5) is 46.1. The first kappa shape index (κ1) is 32.9. The minimum Gasteiger partial charge on any atom is -0.481 e. The molecule has 0 saturated carbocycles. The summed E-state index contributed by atoms with van der Waals surface area (Å²) in [5.41, 5.74) is 0. The quantitative estimate of drug-likeness (QED) is 0.173. The van der Waals surface area contributed by atoms with Crippen LogP contribution in [0.25, 0.3) is 0 Å². The number of nitrogens with one attached hydrogen (secondary N) is 2. The van der Waals surface area contributed by atoms with Crippen molar-refractivity contribution in [1.29, 1.82) is 0 Å². The topological polar surface area (TPSA) is 149 Å². The number of amides is 2. The molecule has 1 atom stereocenters.